The average Bonchev–Trinajstić information content (AvgIpc) is 3.15. The van der Waals surface area contributed by atoms with Gasteiger partial charge < -0.3 is 33.5 Å². The van der Waals surface area contributed by atoms with Crippen molar-refractivity contribution in [3.05, 3.63) is 144 Å². The Morgan fingerprint density at radius 2 is 1.22 bits per heavy atom. The molecule has 1 heterocycles. The van der Waals surface area contributed by atoms with Crippen LogP contribution in [-0.2, 0) is 57.8 Å². The summed E-state index contributed by atoms with van der Waals surface area (Å²) in [5.41, 5.74) is 3.76. The molecule has 0 radical (unpaired) electrons. The molecule has 1 aliphatic rings. The predicted octanol–water partition coefficient (Wildman–Crippen LogP) is 7.05. The first-order chi connectivity index (χ1) is 24.0. The molecule has 0 spiro atoms. The van der Waals surface area contributed by atoms with Crippen LogP contribution in [0, 0.1) is 0 Å². The zero-order chi connectivity index (χ0) is 34.1. The van der Waals surface area contributed by atoms with Crippen molar-refractivity contribution >= 4 is 11.9 Å². The summed E-state index contributed by atoms with van der Waals surface area (Å²) >= 11 is 0. The Morgan fingerprint density at radius 1 is 0.694 bits per heavy atom. The number of hydrogen-bond donors (Lipinski definition) is 1. The number of benzene rings is 4. The first-order valence-electron chi connectivity index (χ1n) is 16.7. The normalized spacial score (nSPS) is 18.7. The van der Waals surface area contributed by atoms with E-state index in [1.807, 2.05) is 121 Å². The predicted molar refractivity (Wildman–Crippen MR) is 182 cm³/mol. The quantitative estimate of drug-likeness (QED) is 0.0831. The van der Waals surface area contributed by atoms with Gasteiger partial charge in [-0.15, -0.1) is 0 Å². The number of carbonyl (C=O) groups excluding carboxylic acids is 1. The van der Waals surface area contributed by atoms with Gasteiger partial charge in [0.05, 0.1) is 26.4 Å². The second kappa shape index (κ2) is 19.6. The molecule has 4 aromatic carbocycles. The van der Waals surface area contributed by atoms with Crippen molar-refractivity contribution in [1.82, 2.24) is 0 Å². The molecular formula is C40H44O9. The highest BCUT2D eigenvalue weighted by Gasteiger charge is 2.44. The summed E-state index contributed by atoms with van der Waals surface area (Å²) in [5, 5.41) is 8.96. The van der Waals surface area contributed by atoms with Gasteiger partial charge in [-0.25, -0.2) is 0 Å². The third-order valence-electron chi connectivity index (χ3n) is 8.15. The van der Waals surface area contributed by atoms with Gasteiger partial charge in [-0.05, 0) is 29.5 Å². The van der Waals surface area contributed by atoms with E-state index in [4.69, 9.17) is 33.5 Å². The number of carboxylic acid groups (broad SMARTS) is 1. The lowest BCUT2D eigenvalue weighted by molar-refractivity contribution is -0.302. The number of aliphatic carboxylic acids is 1. The fraction of sp³-hybridized carbons (Fsp3) is 0.350. The van der Waals surface area contributed by atoms with Crippen molar-refractivity contribution in [3.8, 4) is 0 Å². The van der Waals surface area contributed by atoms with Crippen molar-refractivity contribution in [1.29, 1.82) is 0 Å². The zero-order valence-corrected chi connectivity index (χ0v) is 27.5. The maximum absolute atomic E-state index is 12.9. The lowest BCUT2D eigenvalue weighted by Gasteiger charge is -2.42. The van der Waals surface area contributed by atoms with Crippen molar-refractivity contribution in [2.45, 2.75) is 76.2 Å². The molecule has 0 amide bonds. The number of rotatable bonds is 19. The van der Waals surface area contributed by atoms with Crippen LogP contribution in [0.2, 0.25) is 0 Å². The van der Waals surface area contributed by atoms with E-state index >= 15 is 0 Å². The highest BCUT2D eigenvalue weighted by Crippen LogP contribution is 2.33. The molecule has 0 aromatic heterocycles. The minimum Gasteiger partial charge on any atom is -0.481 e. The lowest BCUT2D eigenvalue weighted by atomic mass is 10.0. The van der Waals surface area contributed by atoms with Crippen molar-refractivity contribution in [2.24, 2.45) is 0 Å². The van der Waals surface area contributed by atoms with Gasteiger partial charge in [0.15, 0.2) is 6.29 Å². The summed E-state index contributed by atoms with van der Waals surface area (Å²) in [7, 11) is 0. The second-order valence-electron chi connectivity index (χ2n) is 11.9. The van der Waals surface area contributed by atoms with Gasteiger partial charge >= 0.3 is 11.9 Å². The number of esters is 1. The zero-order valence-electron chi connectivity index (χ0n) is 27.5. The van der Waals surface area contributed by atoms with Crippen LogP contribution in [0.4, 0.5) is 0 Å². The van der Waals surface area contributed by atoms with Crippen LogP contribution in [0.15, 0.2) is 121 Å². The Balaban J connectivity index is 1.42. The van der Waals surface area contributed by atoms with Crippen molar-refractivity contribution < 1.29 is 43.1 Å². The summed E-state index contributed by atoms with van der Waals surface area (Å²) < 4.78 is 38.4. The number of carbonyl (C=O) groups is 2. The molecule has 0 bridgehead atoms. The molecule has 2 unspecified atom stereocenters. The van der Waals surface area contributed by atoms with E-state index in [0.29, 0.717) is 19.4 Å². The van der Waals surface area contributed by atoms with Crippen LogP contribution in [0.5, 0.6) is 0 Å². The van der Waals surface area contributed by atoms with E-state index in [0.717, 1.165) is 22.3 Å². The molecule has 0 saturated carbocycles. The van der Waals surface area contributed by atoms with Crippen molar-refractivity contribution in [2.75, 3.05) is 13.2 Å². The molecule has 1 saturated heterocycles. The Morgan fingerprint density at radius 3 is 1.82 bits per heavy atom. The molecule has 4 aromatic rings. The van der Waals surface area contributed by atoms with Gasteiger partial charge in [0.1, 0.15) is 31.0 Å². The second-order valence-corrected chi connectivity index (χ2v) is 11.9. The molecular weight excluding hydrogens is 624 g/mol. The third-order valence-corrected chi connectivity index (χ3v) is 8.15. The number of unbranched alkanes of at least 4 members (excludes halogenated alkanes) is 1. The van der Waals surface area contributed by atoms with E-state index < -0.39 is 42.6 Å². The monoisotopic (exact) mass is 668 g/mol. The largest absolute Gasteiger partial charge is 0.481 e. The van der Waals surface area contributed by atoms with Gasteiger partial charge in [0, 0.05) is 18.4 Å². The van der Waals surface area contributed by atoms with Gasteiger partial charge in [-0.2, -0.15) is 0 Å². The van der Waals surface area contributed by atoms with E-state index in [1.165, 1.54) is 0 Å². The summed E-state index contributed by atoms with van der Waals surface area (Å²) in [6, 6.07) is 39.1. The number of hydrogen-bond acceptors (Lipinski definition) is 8. The van der Waals surface area contributed by atoms with Crippen LogP contribution in [-0.4, -0.2) is 54.7 Å². The van der Waals surface area contributed by atoms with E-state index in [-0.39, 0.29) is 39.3 Å². The molecule has 258 valence electrons. The van der Waals surface area contributed by atoms with Gasteiger partial charge in [-0.3, -0.25) is 9.59 Å². The third kappa shape index (κ3) is 11.9. The standard InChI is InChI=1S/C40H44O9/c41-36(42)23-13-14-24-37(43)46-28-34(44-25-30-15-5-1-6-16-30)38(47-27-32-19-9-3-10-20-32)39-35(45-26-31-17-7-2-8-18-31)29-48-40(49-39)33-21-11-4-12-22-33/h1-12,15-22,34-35,38-40H,13-14,23-29H2,(H,41,42)/t34-,35-,38?,39?,40+/m0/s1. The number of ether oxygens (including phenoxy) is 6. The molecule has 9 heteroatoms. The van der Waals surface area contributed by atoms with Gasteiger partial charge in [-0.1, -0.05) is 121 Å². The fourth-order valence-corrected chi connectivity index (χ4v) is 5.53. The van der Waals surface area contributed by atoms with E-state index in [2.05, 4.69) is 0 Å². The molecule has 0 aliphatic carbocycles. The Kier molecular flexibility index (Phi) is 14.3. The first kappa shape index (κ1) is 35.9. The molecule has 1 aliphatic heterocycles. The SMILES string of the molecule is O=C(O)CCCCC(=O)OC[C@H](OCc1ccccc1)C(OCc1ccccc1)C1O[C@H](c2ccccc2)OC[C@@H]1OCc1ccccc1. The van der Waals surface area contributed by atoms with Gasteiger partial charge in [0.2, 0.25) is 0 Å². The fourth-order valence-electron chi connectivity index (χ4n) is 5.53. The van der Waals surface area contributed by atoms with Crippen molar-refractivity contribution in [3.63, 3.8) is 0 Å². The van der Waals surface area contributed by atoms with Crippen LogP contribution in [0.25, 0.3) is 0 Å². The smallest absolute Gasteiger partial charge is 0.305 e. The Bertz CT molecular complexity index is 1520. The Labute approximate surface area is 287 Å². The molecule has 49 heavy (non-hydrogen) atoms. The summed E-state index contributed by atoms with van der Waals surface area (Å²) in [6.45, 7) is 0.954. The van der Waals surface area contributed by atoms with Crippen LogP contribution < -0.4 is 0 Å². The summed E-state index contributed by atoms with van der Waals surface area (Å²) in [5.74, 6) is -1.33. The maximum Gasteiger partial charge on any atom is 0.305 e. The molecule has 9 nitrogen and oxygen atoms in total. The molecule has 5 rings (SSSR count). The highest BCUT2D eigenvalue weighted by atomic mass is 16.7. The van der Waals surface area contributed by atoms with Crippen LogP contribution in [0.1, 0.15) is 54.2 Å². The molecule has 1 N–H and O–H groups in total. The minimum atomic E-state index is -0.893. The van der Waals surface area contributed by atoms with Gasteiger partial charge in [0.25, 0.3) is 0 Å². The first-order valence-corrected chi connectivity index (χ1v) is 16.7. The minimum absolute atomic E-state index is 0.000464. The molecule has 1 fully saturated rings. The van der Waals surface area contributed by atoms with E-state index in [1.54, 1.807) is 0 Å². The average molecular weight is 669 g/mol. The summed E-state index contributed by atoms with van der Waals surface area (Å²) in [6.07, 6.45) is -2.52. The number of carboxylic acids is 1. The lowest BCUT2D eigenvalue weighted by Crippen LogP contribution is -2.55. The summed E-state index contributed by atoms with van der Waals surface area (Å²) in [4.78, 5) is 23.8. The van der Waals surface area contributed by atoms with Crippen LogP contribution >= 0.6 is 0 Å². The van der Waals surface area contributed by atoms with Crippen LogP contribution in [0.3, 0.4) is 0 Å². The highest BCUT2D eigenvalue weighted by molar-refractivity contribution is 5.69. The Hall–Kier alpha value is -4.38. The topological polar surface area (TPSA) is 110 Å². The van der Waals surface area contributed by atoms with E-state index in [9.17, 15) is 9.59 Å². The maximum atomic E-state index is 12.9. The molecule has 5 atom stereocenters.